The van der Waals surface area contributed by atoms with E-state index in [1.807, 2.05) is 48.7 Å². The molecule has 0 aliphatic rings. The Hall–Kier alpha value is -2.75. The highest BCUT2D eigenvalue weighted by atomic mass is 16.1. The zero-order chi connectivity index (χ0) is 15.2. The summed E-state index contributed by atoms with van der Waals surface area (Å²) in [6, 6.07) is 13.4. The van der Waals surface area contributed by atoms with Crippen molar-refractivity contribution in [3.05, 3.63) is 72.2 Å². The number of benzene rings is 1. The van der Waals surface area contributed by atoms with E-state index in [0.29, 0.717) is 12.1 Å². The fraction of sp³-hybridized carbons (Fsp3) is 0.167. The molecule has 2 heterocycles. The lowest BCUT2D eigenvalue weighted by Gasteiger charge is -2.06. The van der Waals surface area contributed by atoms with E-state index in [4.69, 9.17) is 0 Å². The molecule has 4 heteroatoms. The third kappa shape index (κ3) is 3.47. The molecule has 0 atom stereocenters. The predicted octanol–water partition coefficient (Wildman–Crippen LogP) is 2.99. The van der Waals surface area contributed by atoms with Gasteiger partial charge in [0.15, 0.2) is 0 Å². The summed E-state index contributed by atoms with van der Waals surface area (Å²) in [5, 5.41) is 3.93. The van der Waals surface area contributed by atoms with E-state index in [1.54, 1.807) is 12.4 Å². The minimum absolute atomic E-state index is 0.0445. The van der Waals surface area contributed by atoms with E-state index < -0.39 is 0 Å². The van der Waals surface area contributed by atoms with Crippen LogP contribution in [0.15, 0.2) is 61.1 Å². The average molecular weight is 291 g/mol. The Morgan fingerprint density at radius 3 is 2.86 bits per heavy atom. The maximum Gasteiger partial charge on any atom is 0.251 e. The van der Waals surface area contributed by atoms with Crippen molar-refractivity contribution in [2.75, 3.05) is 6.54 Å². The molecule has 4 nitrogen and oxygen atoms in total. The molecule has 0 bridgehead atoms. The lowest BCUT2D eigenvalue weighted by Crippen LogP contribution is -2.24. The van der Waals surface area contributed by atoms with Gasteiger partial charge in [0.25, 0.3) is 5.91 Å². The largest absolute Gasteiger partial charge is 0.352 e. The first-order chi connectivity index (χ1) is 10.8. The van der Waals surface area contributed by atoms with E-state index in [-0.39, 0.29) is 5.91 Å². The molecule has 0 saturated carbocycles. The van der Waals surface area contributed by atoms with Crippen molar-refractivity contribution in [2.24, 2.45) is 0 Å². The molecule has 1 amide bonds. The van der Waals surface area contributed by atoms with Crippen LogP contribution >= 0.6 is 0 Å². The molecule has 0 radical (unpaired) electrons. The van der Waals surface area contributed by atoms with Crippen molar-refractivity contribution in [3.63, 3.8) is 0 Å². The summed E-state index contributed by atoms with van der Waals surface area (Å²) in [5.74, 6) is -0.0445. The number of fused-ring (bicyclic) bond motifs is 1. The molecule has 110 valence electrons. The highest BCUT2D eigenvalue weighted by Gasteiger charge is 2.06. The topological polar surface area (TPSA) is 54.9 Å². The number of carbonyl (C=O) groups is 1. The Balaban J connectivity index is 1.54. The third-order valence-electron chi connectivity index (χ3n) is 3.52. The zero-order valence-corrected chi connectivity index (χ0v) is 12.2. The maximum absolute atomic E-state index is 12.2. The third-order valence-corrected chi connectivity index (χ3v) is 3.52. The van der Waals surface area contributed by atoms with Crippen LogP contribution in [0.5, 0.6) is 0 Å². The summed E-state index contributed by atoms with van der Waals surface area (Å²) in [7, 11) is 0. The van der Waals surface area contributed by atoms with Gasteiger partial charge in [-0.05, 0) is 48.7 Å². The molecule has 22 heavy (non-hydrogen) atoms. The number of carbonyl (C=O) groups excluding carboxylic acids is 1. The van der Waals surface area contributed by atoms with Gasteiger partial charge in [0.05, 0.1) is 5.52 Å². The molecular formula is C18H17N3O. The Labute approximate surface area is 129 Å². The van der Waals surface area contributed by atoms with Gasteiger partial charge in [-0.2, -0.15) is 0 Å². The van der Waals surface area contributed by atoms with Crippen LogP contribution in [-0.2, 0) is 6.42 Å². The summed E-state index contributed by atoms with van der Waals surface area (Å²) in [6.45, 7) is 0.652. The second-order valence-corrected chi connectivity index (χ2v) is 5.13. The minimum atomic E-state index is -0.0445. The van der Waals surface area contributed by atoms with Crippen LogP contribution in [0, 0.1) is 0 Å². The number of nitrogens with zero attached hydrogens (tertiary/aromatic N) is 2. The van der Waals surface area contributed by atoms with Gasteiger partial charge in [-0.15, -0.1) is 0 Å². The van der Waals surface area contributed by atoms with Gasteiger partial charge < -0.3 is 5.32 Å². The standard InChI is InChI=1S/C18H17N3O/c22-18(21-11-2-5-14-4-1-9-19-13-14)16-7-8-17-15(12-16)6-3-10-20-17/h1,3-4,6-10,12-13H,2,5,11H2,(H,21,22). The van der Waals surface area contributed by atoms with E-state index >= 15 is 0 Å². The lowest BCUT2D eigenvalue weighted by molar-refractivity contribution is 0.0953. The average Bonchev–Trinajstić information content (AvgIpc) is 2.59. The van der Waals surface area contributed by atoms with Crippen molar-refractivity contribution in [2.45, 2.75) is 12.8 Å². The van der Waals surface area contributed by atoms with Gasteiger partial charge in [0.2, 0.25) is 0 Å². The number of hydrogen-bond acceptors (Lipinski definition) is 3. The van der Waals surface area contributed by atoms with Crippen molar-refractivity contribution in [3.8, 4) is 0 Å². The summed E-state index contributed by atoms with van der Waals surface area (Å²) in [4.78, 5) is 20.5. The number of hydrogen-bond donors (Lipinski definition) is 1. The molecule has 0 unspecified atom stereocenters. The molecule has 1 N–H and O–H groups in total. The number of aryl methyl sites for hydroxylation is 1. The van der Waals surface area contributed by atoms with Crippen LogP contribution in [0.2, 0.25) is 0 Å². The monoisotopic (exact) mass is 291 g/mol. The lowest BCUT2D eigenvalue weighted by atomic mass is 10.1. The number of aromatic nitrogens is 2. The van der Waals surface area contributed by atoms with Crippen LogP contribution in [0.25, 0.3) is 10.9 Å². The molecule has 0 aliphatic carbocycles. The van der Waals surface area contributed by atoms with Crippen LogP contribution in [0.4, 0.5) is 0 Å². The highest BCUT2D eigenvalue weighted by Crippen LogP contribution is 2.13. The van der Waals surface area contributed by atoms with Crippen LogP contribution in [0.1, 0.15) is 22.3 Å². The summed E-state index contributed by atoms with van der Waals surface area (Å²) in [6.07, 6.45) is 7.18. The number of pyridine rings is 2. The van der Waals surface area contributed by atoms with E-state index in [9.17, 15) is 4.79 Å². The Kier molecular flexibility index (Phi) is 4.39. The molecule has 0 spiro atoms. The highest BCUT2D eigenvalue weighted by molar-refractivity contribution is 5.97. The first kappa shape index (κ1) is 14.2. The molecule has 2 aromatic heterocycles. The molecule has 3 aromatic rings. The SMILES string of the molecule is O=C(NCCCc1cccnc1)c1ccc2ncccc2c1. The van der Waals surface area contributed by atoms with Crippen molar-refractivity contribution in [1.29, 1.82) is 0 Å². The van der Waals surface area contributed by atoms with Gasteiger partial charge in [-0.1, -0.05) is 12.1 Å². The fourth-order valence-electron chi connectivity index (χ4n) is 2.36. The summed E-state index contributed by atoms with van der Waals surface area (Å²) >= 11 is 0. The van der Waals surface area contributed by atoms with Gasteiger partial charge in [-0.25, -0.2) is 0 Å². The van der Waals surface area contributed by atoms with Crippen molar-refractivity contribution >= 4 is 16.8 Å². The van der Waals surface area contributed by atoms with Crippen LogP contribution < -0.4 is 5.32 Å². The Morgan fingerprint density at radius 1 is 1.09 bits per heavy atom. The van der Waals surface area contributed by atoms with Crippen molar-refractivity contribution < 1.29 is 4.79 Å². The minimum Gasteiger partial charge on any atom is -0.352 e. The van der Waals surface area contributed by atoms with E-state index in [2.05, 4.69) is 15.3 Å². The Bertz CT molecular complexity index is 771. The van der Waals surface area contributed by atoms with Gasteiger partial charge in [-0.3, -0.25) is 14.8 Å². The number of rotatable bonds is 5. The predicted molar refractivity (Wildman–Crippen MR) is 86.6 cm³/mol. The van der Waals surface area contributed by atoms with E-state index in [1.165, 1.54) is 5.56 Å². The summed E-state index contributed by atoms with van der Waals surface area (Å²) < 4.78 is 0. The molecular weight excluding hydrogens is 274 g/mol. The van der Waals surface area contributed by atoms with E-state index in [0.717, 1.165) is 23.7 Å². The van der Waals surface area contributed by atoms with Gasteiger partial charge in [0.1, 0.15) is 0 Å². The number of amides is 1. The quantitative estimate of drug-likeness (QED) is 0.735. The zero-order valence-electron chi connectivity index (χ0n) is 12.2. The van der Waals surface area contributed by atoms with Crippen molar-refractivity contribution in [1.82, 2.24) is 15.3 Å². The fourth-order valence-corrected chi connectivity index (χ4v) is 2.36. The smallest absolute Gasteiger partial charge is 0.251 e. The van der Waals surface area contributed by atoms with Crippen LogP contribution in [0.3, 0.4) is 0 Å². The Morgan fingerprint density at radius 2 is 2.00 bits per heavy atom. The second-order valence-electron chi connectivity index (χ2n) is 5.13. The molecule has 0 aliphatic heterocycles. The molecule has 3 rings (SSSR count). The normalized spacial score (nSPS) is 10.5. The first-order valence-corrected chi connectivity index (χ1v) is 7.35. The van der Waals surface area contributed by atoms with Gasteiger partial charge in [0, 0.05) is 36.1 Å². The number of nitrogens with one attached hydrogen (secondary N) is 1. The molecule has 1 aromatic carbocycles. The summed E-state index contributed by atoms with van der Waals surface area (Å²) in [5.41, 5.74) is 2.76. The molecule has 0 fully saturated rings. The first-order valence-electron chi connectivity index (χ1n) is 7.35. The molecule has 0 saturated heterocycles. The maximum atomic E-state index is 12.2. The van der Waals surface area contributed by atoms with Crippen LogP contribution in [-0.4, -0.2) is 22.4 Å². The second kappa shape index (κ2) is 6.80. The van der Waals surface area contributed by atoms with Gasteiger partial charge >= 0.3 is 0 Å².